The van der Waals surface area contributed by atoms with Gasteiger partial charge in [-0.3, -0.25) is 9.97 Å². The first-order valence-electron chi connectivity index (χ1n) is 6.45. The van der Waals surface area contributed by atoms with Gasteiger partial charge in [-0.1, -0.05) is 0 Å². The van der Waals surface area contributed by atoms with Gasteiger partial charge in [0.1, 0.15) is 0 Å². The van der Waals surface area contributed by atoms with Crippen LogP contribution in [0.3, 0.4) is 0 Å². The number of aromatic nitrogens is 2. The maximum Gasteiger partial charge on any atom is 0.0755 e. The van der Waals surface area contributed by atoms with Crippen LogP contribution in [0.1, 0.15) is 43.8 Å². The summed E-state index contributed by atoms with van der Waals surface area (Å²) < 4.78 is 5.63. The van der Waals surface area contributed by atoms with Crippen LogP contribution in [-0.4, -0.2) is 29.7 Å². The molecule has 4 heteroatoms. The molecule has 2 heterocycles. The highest BCUT2D eigenvalue weighted by molar-refractivity contribution is 5.01. The molecule has 94 valence electrons. The summed E-state index contributed by atoms with van der Waals surface area (Å²) in [6, 6.07) is 0.310. The molecule has 4 nitrogen and oxygen atoms in total. The monoisotopic (exact) mass is 235 g/mol. The summed E-state index contributed by atoms with van der Waals surface area (Å²) in [4.78, 5) is 8.46. The van der Waals surface area contributed by atoms with Crippen LogP contribution in [0.25, 0.3) is 0 Å². The molecule has 1 aromatic rings. The van der Waals surface area contributed by atoms with Crippen LogP contribution in [0, 0.1) is 0 Å². The molecule has 2 unspecified atom stereocenters. The van der Waals surface area contributed by atoms with Crippen molar-refractivity contribution in [1.29, 1.82) is 0 Å². The number of nitrogens with zero attached hydrogens (tertiary/aromatic N) is 2. The first kappa shape index (κ1) is 12.5. The second kappa shape index (κ2) is 6.67. The molecule has 1 saturated heterocycles. The topological polar surface area (TPSA) is 47.0 Å². The Hall–Kier alpha value is -1.00. The van der Waals surface area contributed by atoms with Crippen molar-refractivity contribution in [3.63, 3.8) is 0 Å². The Labute approximate surface area is 103 Å². The van der Waals surface area contributed by atoms with Crippen LogP contribution in [0.5, 0.6) is 0 Å². The normalized spacial score (nSPS) is 21.6. The second-order valence-corrected chi connectivity index (χ2v) is 4.54. The van der Waals surface area contributed by atoms with Gasteiger partial charge < -0.3 is 10.1 Å². The highest BCUT2D eigenvalue weighted by Crippen LogP contribution is 2.21. The Bertz CT molecular complexity index is 312. The van der Waals surface area contributed by atoms with Crippen molar-refractivity contribution in [3.8, 4) is 0 Å². The Balaban J connectivity index is 1.75. The summed E-state index contributed by atoms with van der Waals surface area (Å²) in [6.07, 6.45) is 11.7. The average molecular weight is 235 g/mol. The van der Waals surface area contributed by atoms with E-state index in [0.717, 1.165) is 18.7 Å². The minimum atomic E-state index is 0.310. The van der Waals surface area contributed by atoms with Crippen molar-refractivity contribution in [2.24, 2.45) is 0 Å². The molecule has 0 amide bonds. The third kappa shape index (κ3) is 3.75. The van der Waals surface area contributed by atoms with Gasteiger partial charge in [0.15, 0.2) is 0 Å². The lowest BCUT2D eigenvalue weighted by molar-refractivity contribution is 0.101. The molecule has 1 fully saturated rings. The molecule has 1 aliphatic rings. The molecule has 2 atom stereocenters. The van der Waals surface area contributed by atoms with Crippen LogP contribution in [-0.2, 0) is 4.74 Å². The number of rotatable bonds is 6. The zero-order chi connectivity index (χ0) is 11.9. The number of hydrogen-bond acceptors (Lipinski definition) is 4. The van der Waals surface area contributed by atoms with E-state index in [2.05, 4.69) is 15.3 Å². The van der Waals surface area contributed by atoms with Gasteiger partial charge in [0.05, 0.1) is 17.8 Å². The molecule has 0 saturated carbocycles. The lowest BCUT2D eigenvalue weighted by Gasteiger charge is -2.16. The van der Waals surface area contributed by atoms with E-state index in [-0.39, 0.29) is 0 Å². The summed E-state index contributed by atoms with van der Waals surface area (Å²) in [6.45, 7) is 0.949. The highest BCUT2D eigenvalue weighted by Gasteiger charge is 2.16. The van der Waals surface area contributed by atoms with E-state index in [9.17, 15) is 0 Å². The molecule has 1 N–H and O–H groups in total. The van der Waals surface area contributed by atoms with Crippen LogP contribution in [0.15, 0.2) is 18.6 Å². The largest absolute Gasteiger partial charge is 0.378 e. The number of nitrogens with one attached hydrogen (secondary N) is 1. The minimum Gasteiger partial charge on any atom is -0.378 e. The predicted octanol–water partition coefficient (Wildman–Crippen LogP) is 2.09. The second-order valence-electron chi connectivity index (χ2n) is 4.54. The van der Waals surface area contributed by atoms with Gasteiger partial charge in [-0.05, 0) is 39.2 Å². The zero-order valence-electron chi connectivity index (χ0n) is 10.4. The summed E-state index contributed by atoms with van der Waals surface area (Å²) in [5.41, 5.74) is 1.03. The Kier molecular flexibility index (Phi) is 4.88. The van der Waals surface area contributed by atoms with E-state index in [4.69, 9.17) is 4.74 Å². The maximum absolute atomic E-state index is 5.63. The fourth-order valence-electron chi connectivity index (χ4n) is 2.35. The average Bonchev–Trinajstić information content (AvgIpc) is 2.89. The first-order chi connectivity index (χ1) is 8.40. The van der Waals surface area contributed by atoms with Gasteiger partial charge in [0.2, 0.25) is 0 Å². The van der Waals surface area contributed by atoms with Gasteiger partial charge in [0.25, 0.3) is 0 Å². The van der Waals surface area contributed by atoms with Crippen LogP contribution in [0.4, 0.5) is 0 Å². The Morgan fingerprint density at radius 3 is 3.12 bits per heavy atom. The fourth-order valence-corrected chi connectivity index (χ4v) is 2.35. The zero-order valence-corrected chi connectivity index (χ0v) is 10.4. The van der Waals surface area contributed by atoms with E-state index in [1.165, 1.54) is 25.7 Å². The smallest absolute Gasteiger partial charge is 0.0755 e. The van der Waals surface area contributed by atoms with Gasteiger partial charge in [-0.25, -0.2) is 0 Å². The standard InChI is InChI=1S/C13H21N3O/c1-14-12(13-10-15-7-8-16-13)6-2-4-11-5-3-9-17-11/h7-8,10-12,14H,2-6,9H2,1H3. The summed E-state index contributed by atoms with van der Waals surface area (Å²) in [5.74, 6) is 0. The molecular formula is C13H21N3O. The Morgan fingerprint density at radius 2 is 2.47 bits per heavy atom. The lowest BCUT2D eigenvalue weighted by atomic mass is 10.0. The van der Waals surface area contributed by atoms with Gasteiger partial charge in [-0.2, -0.15) is 0 Å². The molecule has 17 heavy (non-hydrogen) atoms. The van der Waals surface area contributed by atoms with Crippen molar-refractivity contribution in [3.05, 3.63) is 24.3 Å². The summed E-state index contributed by atoms with van der Waals surface area (Å²) in [7, 11) is 1.98. The van der Waals surface area contributed by atoms with E-state index in [1.54, 1.807) is 12.4 Å². The van der Waals surface area contributed by atoms with Crippen LogP contribution >= 0.6 is 0 Å². The van der Waals surface area contributed by atoms with Crippen molar-refractivity contribution < 1.29 is 4.74 Å². The van der Waals surface area contributed by atoms with E-state index in [0.29, 0.717) is 12.1 Å². The first-order valence-corrected chi connectivity index (χ1v) is 6.45. The third-order valence-corrected chi connectivity index (χ3v) is 3.33. The van der Waals surface area contributed by atoms with Gasteiger partial charge in [-0.15, -0.1) is 0 Å². The SMILES string of the molecule is CNC(CCCC1CCCO1)c1cnccn1. The van der Waals surface area contributed by atoms with Crippen molar-refractivity contribution >= 4 is 0 Å². The molecule has 0 bridgehead atoms. The maximum atomic E-state index is 5.63. The molecule has 1 aliphatic heterocycles. The van der Waals surface area contributed by atoms with Crippen molar-refractivity contribution in [2.75, 3.05) is 13.7 Å². The molecular weight excluding hydrogens is 214 g/mol. The Morgan fingerprint density at radius 1 is 1.53 bits per heavy atom. The van der Waals surface area contributed by atoms with Crippen LogP contribution in [0.2, 0.25) is 0 Å². The van der Waals surface area contributed by atoms with Crippen LogP contribution < -0.4 is 5.32 Å². The highest BCUT2D eigenvalue weighted by atomic mass is 16.5. The number of hydrogen-bond donors (Lipinski definition) is 1. The van der Waals surface area contributed by atoms with Crippen molar-refractivity contribution in [1.82, 2.24) is 15.3 Å². The molecule has 0 spiro atoms. The predicted molar refractivity (Wildman–Crippen MR) is 66.7 cm³/mol. The van der Waals surface area contributed by atoms with E-state index < -0.39 is 0 Å². The summed E-state index contributed by atoms with van der Waals surface area (Å²) in [5, 5.41) is 3.30. The fraction of sp³-hybridized carbons (Fsp3) is 0.692. The quantitative estimate of drug-likeness (QED) is 0.820. The minimum absolute atomic E-state index is 0.310. The molecule has 0 radical (unpaired) electrons. The molecule has 0 aromatic carbocycles. The summed E-state index contributed by atoms with van der Waals surface area (Å²) >= 11 is 0. The van der Waals surface area contributed by atoms with E-state index in [1.807, 2.05) is 13.2 Å². The molecule has 2 rings (SSSR count). The lowest BCUT2D eigenvalue weighted by Crippen LogP contribution is -2.18. The van der Waals surface area contributed by atoms with Crippen molar-refractivity contribution in [2.45, 2.75) is 44.2 Å². The molecule has 0 aliphatic carbocycles. The van der Waals surface area contributed by atoms with E-state index >= 15 is 0 Å². The number of ether oxygens (including phenoxy) is 1. The third-order valence-electron chi connectivity index (χ3n) is 3.33. The van der Waals surface area contributed by atoms with Gasteiger partial charge >= 0.3 is 0 Å². The molecule has 1 aromatic heterocycles. The van der Waals surface area contributed by atoms with Gasteiger partial charge in [0, 0.05) is 25.2 Å².